The number of hydrogen-bond acceptors (Lipinski definition) is 4. The van der Waals surface area contributed by atoms with E-state index in [0.29, 0.717) is 12.6 Å². The maximum atomic E-state index is 12.5. The van der Waals surface area contributed by atoms with Crippen LogP contribution in [0.25, 0.3) is 11.1 Å². The van der Waals surface area contributed by atoms with Crippen molar-refractivity contribution in [1.29, 1.82) is 0 Å². The number of likely N-dealkylation sites (tertiary alicyclic amines) is 1. The number of pyridine rings is 1. The SMILES string of the molecule is Cc1cc(NC(=O)NCc2ccc(-c3ccncc3)cc2)n(C2CCN(C)CC2)n1. The van der Waals surface area contributed by atoms with E-state index in [2.05, 4.69) is 44.8 Å². The topological polar surface area (TPSA) is 75.1 Å². The van der Waals surface area contributed by atoms with E-state index in [1.54, 1.807) is 12.4 Å². The number of nitrogens with zero attached hydrogens (tertiary/aromatic N) is 4. The Labute approximate surface area is 177 Å². The summed E-state index contributed by atoms with van der Waals surface area (Å²) in [4.78, 5) is 18.9. The largest absolute Gasteiger partial charge is 0.334 e. The summed E-state index contributed by atoms with van der Waals surface area (Å²) in [5.74, 6) is 0.757. The van der Waals surface area contributed by atoms with Crippen LogP contribution in [-0.4, -0.2) is 45.8 Å². The molecule has 1 aliphatic heterocycles. The molecule has 30 heavy (non-hydrogen) atoms. The van der Waals surface area contributed by atoms with Crippen LogP contribution < -0.4 is 10.6 Å². The fourth-order valence-electron chi connectivity index (χ4n) is 3.83. The van der Waals surface area contributed by atoms with Gasteiger partial charge in [-0.3, -0.25) is 10.3 Å². The highest BCUT2D eigenvalue weighted by Gasteiger charge is 2.22. The normalized spacial score (nSPS) is 15.1. The van der Waals surface area contributed by atoms with Crippen molar-refractivity contribution in [3.05, 3.63) is 66.1 Å². The maximum absolute atomic E-state index is 12.5. The number of anilines is 1. The van der Waals surface area contributed by atoms with Crippen molar-refractivity contribution in [2.24, 2.45) is 0 Å². The summed E-state index contributed by atoms with van der Waals surface area (Å²) < 4.78 is 1.98. The van der Waals surface area contributed by atoms with Gasteiger partial charge in [0.2, 0.25) is 0 Å². The molecule has 2 aromatic heterocycles. The van der Waals surface area contributed by atoms with Gasteiger partial charge in [-0.1, -0.05) is 24.3 Å². The molecule has 156 valence electrons. The summed E-state index contributed by atoms with van der Waals surface area (Å²) in [5, 5.41) is 10.5. The molecule has 1 aliphatic rings. The number of carbonyl (C=O) groups is 1. The molecule has 1 fully saturated rings. The molecule has 3 heterocycles. The molecule has 0 saturated carbocycles. The Morgan fingerprint density at radius 1 is 1.07 bits per heavy atom. The zero-order valence-corrected chi connectivity index (χ0v) is 17.5. The Balaban J connectivity index is 1.34. The smallest absolute Gasteiger partial charge is 0.320 e. The molecule has 0 unspecified atom stereocenters. The monoisotopic (exact) mass is 404 g/mol. The van der Waals surface area contributed by atoms with Crippen LogP contribution in [0.3, 0.4) is 0 Å². The number of rotatable bonds is 5. The van der Waals surface area contributed by atoms with Gasteiger partial charge < -0.3 is 10.2 Å². The van der Waals surface area contributed by atoms with E-state index >= 15 is 0 Å². The van der Waals surface area contributed by atoms with E-state index in [0.717, 1.165) is 54.1 Å². The van der Waals surface area contributed by atoms with Crippen molar-refractivity contribution in [2.75, 3.05) is 25.5 Å². The van der Waals surface area contributed by atoms with E-state index in [1.165, 1.54) is 0 Å². The van der Waals surface area contributed by atoms with Gasteiger partial charge in [0.05, 0.1) is 11.7 Å². The first-order valence-corrected chi connectivity index (χ1v) is 10.4. The number of piperidine rings is 1. The van der Waals surface area contributed by atoms with Gasteiger partial charge >= 0.3 is 6.03 Å². The second kappa shape index (κ2) is 9.09. The van der Waals surface area contributed by atoms with Crippen molar-refractivity contribution < 1.29 is 4.79 Å². The van der Waals surface area contributed by atoms with Crippen molar-refractivity contribution >= 4 is 11.8 Å². The van der Waals surface area contributed by atoms with E-state index in [-0.39, 0.29) is 6.03 Å². The van der Waals surface area contributed by atoms with Gasteiger partial charge in [0.25, 0.3) is 0 Å². The Morgan fingerprint density at radius 3 is 2.43 bits per heavy atom. The molecule has 3 aromatic rings. The minimum Gasteiger partial charge on any atom is -0.334 e. The molecule has 0 aliphatic carbocycles. The highest BCUT2D eigenvalue weighted by Crippen LogP contribution is 2.25. The molecule has 7 heteroatoms. The van der Waals surface area contributed by atoms with Crippen LogP contribution in [0.4, 0.5) is 10.6 Å². The zero-order chi connectivity index (χ0) is 20.9. The fraction of sp³-hybridized carbons (Fsp3) is 0.348. The molecule has 2 amide bonds. The van der Waals surface area contributed by atoms with Crippen LogP contribution in [0, 0.1) is 6.92 Å². The molecular weight excluding hydrogens is 376 g/mol. The summed E-state index contributed by atoms with van der Waals surface area (Å²) in [6, 6.07) is 14.2. The summed E-state index contributed by atoms with van der Waals surface area (Å²) in [7, 11) is 2.14. The number of aryl methyl sites for hydroxylation is 1. The van der Waals surface area contributed by atoms with Gasteiger partial charge in [0.1, 0.15) is 5.82 Å². The van der Waals surface area contributed by atoms with Crippen LogP contribution in [-0.2, 0) is 6.54 Å². The summed E-state index contributed by atoms with van der Waals surface area (Å²) in [6.07, 6.45) is 5.65. The van der Waals surface area contributed by atoms with Crippen molar-refractivity contribution in [2.45, 2.75) is 32.4 Å². The molecule has 0 atom stereocenters. The molecular formula is C23H28N6O. The van der Waals surface area contributed by atoms with Crippen LogP contribution in [0.5, 0.6) is 0 Å². The maximum Gasteiger partial charge on any atom is 0.320 e. The molecule has 0 radical (unpaired) electrons. The average molecular weight is 405 g/mol. The molecule has 0 bridgehead atoms. The highest BCUT2D eigenvalue weighted by molar-refractivity contribution is 5.88. The lowest BCUT2D eigenvalue weighted by atomic mass is 10.1. The van der Waals surface area contributed by atoms with Crippen molar-refractivity contribution in [3.8, 4) is 11.1 Å². The second-order valence-electron chi connectivity index (χ2n) is 7.89. The first kappa shape index (κ1) is 20.1. The second-order valence-corrected chi connectivity index (χ2v) is 7.89. The summed E-state index contributed by atoms with van der Waals surface area (Å²) in [6.45, 7) is 4.51. The van der Waals surface area contributed by atoms with Gasteiger partial charge in [-0.15, -0.1) is 0 Å². The lowest BCUT2D eigenvalue weighted by Crippen LogP contribution is -2.33. The van der Waals surface area contributed by atoms with Gasteiger partial charge in [0.15, 0.2) is 0 Å². The summed E-state index contributed by atoms with van der Waals surface area (Å²) in [5.41, 5.74) is 4.21. The van der Waals surface area contributed by atoms with E-state index in [9.17, 15) is 4.79 Å². The minimum absolute atomic E-state index is 0.220. The zero-order valence-electron chi connectivity index (χ0n) is 17.5. The summed E-state index contributed by atoms with van der Waals surface area (Å²) >= 11 is 0. The van der Waals surface area contributed by atoms with Crippen LogP contribution in [0.15, 0.2) is 54.9 Å². The fourth-order valence-corrected chi connectivity index (χ4v) is 3.83. The first-order valence-electron chi connectivity index (χ1n) is 10.4. The number of benzene rings is 1. The lowest BCUT2D eigenvalue weighted by molar-refractivity contribution is 0.213. The number of amides is 2. The number of carbonyl (C=O) groups excluding carboxylic acids is 1. The predicted octanol–water partition coefficient (Wildman–Crippen LogP) is 3.84. The van der Waals surface area contributed by atoms with Gasteiger partial charge in [-0.2, -0.15) is 5.10 Å². The molecule has 1 saturated heterocycles. The van der Waals surface area contributed by atoms with Crippen molar-refractivity contribution in [1.82, 2.24) is 25.0 Å². The van der Waals surface area contributed by atoms with E-state index < -0.39 is 0 Å². The quantitative estimate of drug-likeness (QED) is 0.677. The van der Waals surface area contributed by atoms with Crippen LogP contribution in [0.2, 0.25) is 0 Å². The number of urea groups is 1. The Hall–Kier alpha value is -3.19. The third kappa shape index (κ3) is 4.86. The number of hydrogen-bond donors (Lipinski definition) is 2. The Bertz CT molecular complexity index is 975. The highest BCUT2D eigenvalue weighted by atomic mass is 16.2. The van der Waals surface area contributed by atoms with Crippen LogP contribution in [0.1, 0.15) is 30.1 Å². The molecule has 4 rings (SSSR count). The van der Waals surface area contributed by atoms with E-state index in [4.69, 9.17) is 0 Å². The number of nitrogens with one attached hydrogen (secondary N) is 2. The average Bonchev–Trinajstić information content (AvgIpc) is 3.13. The third-order valence-corrected chi connectivity index (χ3v) is 5.55. The first-order chi connectivity index (χ1) is 14.6. The van der Waals surface area contributed by atoms with Gasteiger partial charge in [0, 0.05) is 25.0 Å². The van der Waals surface area contributed by atoms with Gasteiger partial charge in [-0.25, -0.2) is 9.48 Å². The Morgan fingerprint density at radius 2 is 1.73 bits per heavy atom. The molecule has 7 nitrogen and oxygen atoms in total. The Kier molecular flexibility index (Phi) is 6.09. The molecule has 2 N–H and O–H groups in total. The standard InChI is InChI=1S/C23H28N6O/c1-17-15-22(29(27-17)21-9-13-28(2)14-10-21)26-23(30)25-16-18-3-5-19(6-4-18)20-7-11-24-12-8-20/h3-8,11-12,15,21H,9-10,13-14,16H2,1-2H3,(H2,25,26,30). The van der Waals surface area contributed by atoms with Crippen molar-refractivity contribution in [3.63, 3.8) is 0 Å². The predicted molar refractivity (Wildman–Crippen MR) is 118 cm³/mol. The minimum atomic E-state index is -0.220. The third-order valence-electron chi connectivity index (χ3n) is 5.55. The number of aromatic nitrogens is 3. The van der Waals surface area contributed by atoms with E-state index in [1.807, 2.05) is 41.9 Å². The molecule has 1 aromatic carbocycles. The van der Waals surface area contributed by atoms with Gasteiger partial charge in [-0.05, 0) is 68.7 Å². The van der Waals surface area contributed by atoms with Crippen LogP contribution >= 0.6 is 0 Å². The lowest BCUT2D eigenvalue weighted by Gasteiger charge is -2.30. The molecule has 0 spiro atoms.